The minimum Gasteiger partial charge on any atom is -0.490 e. The topological polar surface area (TPSA) is 58.6 Å². The molecule has 0 radical (unpaired) electrons. The highest BCUT2D eigenvalue weighted by Crippen LogP contribution is 2.24. The van der Waals surface area contributed by atoms with E-state index in [0.29, 0.717) is 17.7 Å². The van der Waals surface area contributed by atoms with E-state index in [1.54, 1.807) is 18.0 Å². The summed E-state index contributed by atoms with van der Waals surface area (Å²) in [5.74, 6) is 0.448. The van der Waals surface area contributed by atoms with Crippen LogP contribution in [0.2, 0.25) is 0 Å². The van der Waals surface area contributed by atoms with Crippen molar-refractivity contribution in [3.05, 3.63) is 77.9 Å². The molecule has 170 valence electrons. The fraction of sp³-hybridized carbons (Fsp3) is 0.407. The molecule has 1 N–H and O–H groups in total. The number of carbonyl (C=O) groups excluding carboxylic acids is 2. The molecule has 2 amide bonds. The van der Waals surface area contributed by atoms with Crippen LogP contribution in [-0.2, 0) is 11.2 Å². The molecule has 3 atom stereocenters. The lowest BCUT2D eigenvalue weighted by Gasteiger charge is -2.31. The molecule has 0 aromatic heterocycles. The van der Waals surface area contributed by atoms with Crippen molar-refractivity contribution in [1.29, 1.82) is 0 Å². The highest BCUT2D eigenvalue weighted by atomic mass is 16.5. The molecule has 2 aromatic rings. The molecule has 0 fully saturated rings. The molecule has 1 aliphatic heterocycles. The lowest BCUT2D eigenvalue weighted by Crippen LogP contribution is -2.52. The van der Waals surface area contributed by atoms with Gasteiger partial charge in [0, 0.05) is 25.9 Å². The second-order valence-corrected chi connectivity index (χ2v) is 8.85. The molecule has 0 bridgehead atoms. The Hall–Kier alpha value is -3.08. The van der Waals surface area contributed by atoms with Crippen molar-refractivity contribution in [2.24, 2.45) is 5.92 Å². The quantitative estimate of drug-likeness (QED) is 0.717. The van der Waals surface area contributed by atoms with Gasteiger partial charge in [0.15, 0.2) is 0 Å². The standard InChI is InChI=1S/C27H34N2O3/c1-19(2)23-16-10-8-12-20(3)32-25-17-11-9-15-22(25)27(31)29(4)24(26(30)28-23)18-21-13-6-5-7-14-21/h5-11,13-15,17,19-20,23-24H,12,16,18H2,1-4H3,(H,28,30)/b10-8+/t20-,23+,24+/m0/s1. The third-order valence-corrected chi connectivity index (χ3v) is 5.97. The molecule has 0 aliphatic carbocycles. The number of fused-ring (bicyclic) bond motifs is 1. The van der Waals surface area contributed by atoms with Crippen LogP contribution >= 0.6 is 0 Å². The van der Waals surface area contributed by atoms with Gasteiger partial charge in [0.2, 0.25) is 5.91 Å². The predicted octanol–water partition coefficient (Wildman–Crippen LogP) is 4.63. The van der Waals surface area contributed by atoms with Crippen LogP contribution < -0.4 is 10.1 Å². The summed E-state index contributed by atoms with van der Waals surface area (Å²) in [5, 5.41) is 3.21. The highest BCUT2D eigenvalue weighted by Gasteiger charge is 2.31. The van der Waals surface area contributed by atoms with Crippen LogP contribution in [-0.4, -0.2) is 41.9 Å². The van der Waals surface area contributed by atoms with Gasteiger partial charge in [-0.3, -0.25) is 9.59 Å². The molecule has 0 spiro atoms. The van der Waals surface area contributed by atoms with E-state index >= 15 is 0 Å². The Labute approximate surface area is 191 Å². The van der Waals surface area contributed by atoms with Gasteiger partial charge < -0.3 is 15.0 Å². The van der Waals surface area contributed by atoms with Crippen molar-refractivity contribution in [2.45, 2.75) is 58.2 Å². The maximum Gasteiger partial charge on any atom is 0.258 e. The van der Waals surface area contributed by atoms with Gasteiger partial charge in [0.05, 0.1) is 11.7 Å². The van der Waals surface area contributed by atoms with Gasteiger partial charge in [-0.25, -0.2) is 0 Å². The summed E-state index contributed by atoms with van der Waals surface area (Å²) >= 11 is 0. The van der Waals surface area contributed by atoms with Gasteiger partial charge in [-0.1, -0.05) is 68.5 Å². The first-order valence-corrected chi connectivity index (χ1v) is 11.4. The summed E-state index contributed by atoms with van der Waals surface area (Å²) in [6.45, 7) is 6.21. The number of para-hydroxylation sites is 1. The summed E-state index contributed by atoms with van der Waals surface area (Å²) in [6, 6.07) is 16.4. The average Bonchev–Trinajstić information content (AvgIpc) is 2.78. The molecule has 5 heteroatoms. The Morgan fingerprint density at radius 2 is 1.66 bits per heavy atom. The number of nitrogens with one attached hydrogen (secondary N) is 1. The number of hydrogen-bond acceptors (Lipinski definition) is 3. The van der Waals surface area contributed by atoms with E-state index < -0.39 is 6.04 Å². The number of nitrogens with zero attached hydrogens (tertiary/aromatic N) is 1. The molecule has 0 unspecified atom stereocenters. The maximum atomic E-state index is 13.5. The zero-order valence-electron chi connectivity index (χ0n) is 19.5. The molecule has 0 saturated heterocycles. The Morgan fingerprint density at radius 3 is 2.38 bits per heavy atom. The van der Waals surface area contributed by atoms with Crippen molar-refractivity contribution >= 4 is 11.8 Å². The number of carbonyl (C=O) groups is 2. The van der Waals surface area contributed by atoms with Crippen LogP contribution in [0.1, 0.15) is 49.5 Å². The van der Waals surface area contributed by atoms with Gasteiger partial charge in [-0.2, -0.15) is 0 Å². The third-order valence-electron chi connectivity index (χ3n) is 5.97. The van der Waals surface area contributed by atoms with Gasteiger partial charge in [0.1, 0.15) is 11.8 Å². The first kappa shape index (κ1) is 23.6. The molecule has 1 heterocycles. The van der Waals surface area contributed by atoms with Crippen molar-refractivity contribution in [1.82, 2.24) is 10.2 Å². The van der Waals surface area contributed by atoms with Gasteiger partial charge in [0.25, 0.3) is 5.91 Å². The smallest absolute Gasteiger partial charge is 0.258 e. The van der Waals surface area contributed by atoms with E-state index in [0.717, 1.165) is 18.4 Å². The summed E-state index contributed by atoms with van der Waals surface area (Å²) in [4.78, 5) is 28.5. The summed E-state index contributed by atoms with van der Waals surface area (Å²) in [5.41, 5.74) is 1.47. The van der Waals surface area contributed by atoms with Crippen LogP contribution in [0.15, 0.2) is 66.7 Å². The van der Waals surface area contributed by atoms with E-state index in [2.05, 4.69) is 31.3 Å². The minimum absolute atomic E-state index is 0.00743. The first-order valence-electron chi connectivity index (χ1n) is 11.4. The Morgan fingerprint density at radius 1 is 1.00 bits per heavy atom. The molecular weight excluding hydrogens is 400 g/mol. The van der Waals surface area contributed by atoms with Crippen LogP contribution in [0.3, 0.4) is 0 Å². The zero-order chi connectivity index (χ0) is 23.1. The maximum absolute atomic E-state index is 13.5. The van der Waals surface area contributed by atoms with Crippen LogP contribution in [0.5, 0.6) is 5.75 Å². The molecule has 32 heavy (non-hydrogen) atoms. The molecule has 1 aliphatic rings. The van der Waals surface area contributed by atoms with Crippen molar-refractivity contribution in [2.75, 3.05) is 7.05 Å². The fourth-order valence-corrected chi connectivity index (χ4v) is 3.89. The van der Waals surface area contributed by atoms with E-state index in [1.807, 2.05) is 55.5 Å². The lowest BCUT2D eigenvalue weighted by atomic mass is 9.98. The van der Waals surface area contributed by atoms with Crippen LogP contribution in [0, 0.1) is 5.92 Å². The molecule has 0 saturated carbocycles. The van der Waals surface area contributed by atoms with Crippen LogP contribution in [0.4, 0.5) is 0 Å². The van der Waals surface area contributed by atoms with E-state index in [4.69, 9.17) is 4.74 Å². The summed E-state index contributed by atoms with van der Waals surface area (Å²) in [7, 11) is 1.70. The van der Waals surface area contributed by atoms with Gasteiger partial charge in [-0.05, 0) is 37.0 Å². The van der Waals surface area contributed by atoms with Crippen molar-refractivity contribution < 1.29 is 14.3 Å². The van der Waals surface area contributed by atoms with E-state index in [9.17, 15) is 9.59 Å². The van der Waals surface area contributed by atoms with Crippen molar-refractivity contribution in [3.63, 3.8) is 0 Å². The predicted molar refractivity (Wildman–Crippen MR) is 128 cm³/mol. The normalized spacial score (nSPS) is 23.7. The SMILES string of the molecule is CC(C)[C@H]1C/C=C/C[C@H](C)Oc2ccccc2C(=O)N(C)[C@H](Cc2ccccc2)C(=O)N1. The monoisotopic (exact) mass is 434 g/mol. The number of rotatable bonds is 3. The second-order valence-electron chi connectivity index (χ2n) is 8.85. The number of likely N-dealkylation sites (N-methyl/N-ethyl adjacent to an activating group) is 1. The number of amides is 2. The molecule has 3 rings (SSSR count). The minimum atomic E-state index is -0.636. The van der Waals surface area contributed by atoms with Gasteiger partial charge in [-0.15, -0.1) is 0 Å². The number of benzene rings is 2. The lowest BCUT2D eigenvalue weighted by molar-refractivity contribution is -0.126. The summed E-state index contributed by atoms with van der Waals surface area (Å²) < 4.78 is 6.11. The second kappa shape index (κ2) is 11.0. The summed E-state index contributed by atoms with van der Waals surface area (Å²) in [6.07, 6.45) is 6.05. The highest BCUT2D eigenvalue weighted by molar-refractivity contribution is 5.99. The molecule has 2 aromatic carbocycles. The molecule has 5 nitrogen and oxygen atoms in total. The van der Waals surface area contributed by atoms with Gasteiger partial charge >= 0.3 is 0 Å². The van der Waals surface area contributed by atoms with E-state index in [-0.39, 0.29) is 29.9 Å². The number of ether oxygens (including phenoxy) is 1. The van der Waals surface area contributed by atoms with Crippen molar-refractivity contribution in [3.8, 4) is 5.75 Å². The largest absolute Gasteiger partial charge is 0.490 e. The average molecular weight is 435 g/mol. The Balaban J connectivity index is 2.00. The Kier molecular flexibility index (Phi) is 8.09. The van der Waals surface area contributed by atoms with Crippen LogP contribution in [0.25, 0.3) is 0 Å². The zero-order valence-corrected chi connectivity index (χ0v) is 19.5. The fourth-order valence-electron chi connectivity index (χ4n) is 3.89. The Bertz CT molecular complexity index is 939. The third kappa shape index (κ3) is 6.00. The molecular formula is C27H34N2O3. The number of hydrogen-bond donors (Lipinski definition) is 1. The first-order chi connectivity index (χ1) is 15.4. The van der Waals surface area contributed by atoms with E-state index in [1.165, 1.54) is 0 Å².